The van der Waals surface area contributed by atoms with Gasteiger partial charge in [-0.15, -0.1) is 0 Å². The molecule has 0 unspecified atom stereocenters. The van der Waals surface area contributed by atoms with Crippen molar-refractivity contribution in [1.82, 2.24) is 5.32 Å². The van der Waals surface area contributed by atoms with Gasteiger partial charge in [0.2, 0.25) is 5.91 Å². The Labute approximate surface area is 134 Å². The third kappa shape index (κ3) is 14.5. The zero-order chi connectivity index (χ0) is 16.5. The third-order valence-corrected chi connectivity index (χ3v) is 6.77. The Kier molecular flexibility index (Phi) is 9.63. The fraction of sp³-hybridized carbons (Fsp3) is 0.786. The summed E-state index contributed by atoms with van der Waals surface area (Å²) in [5, 5.41) is 2.89. The zero-order valence-electron chi connectivity index (χ0n) is 14.8. The van der Waals surface area contributed by atoms with Crippen LogP contribution in [0.25, 0.3) is 0 Å². The van der Waals surface area contributed by atoms with Gasteiger partial charge in [-0.3, -0.25) is 4.79 Å². The minimum absolute atomic E-state index is 0.00702. The van der Waals surface area contributed by atoms with Crippen molar-refractivity contribution in [2.75, 3.05) is 6.54 Å². The Morgan fingerprint density at radius 2 is 1.67 bits per heavy atom. The summed E-state index contributed by atoms with van der Waals surface area (Å²) in [6, 6.07) is 1.13. The second-order valence-corrected chi connectivity index (χ2v) is 18.0. The van der Waals surface area contributed by atoms with E-state index in [2.05, 4.69) is 44.6 Å². The van der Waals surface area contributed by atoms with Crippen molar-refractivity contribution >= 4 is 32.1 Å². The molecule has 0 aromatic carbocycles. The number of hydrogen-bond acceptors (Lipinski definition) is 3. The van der Waals surface area contributed by atoms with Crippen molar-refractivity contribution in [2.45, 2.75) is 64.6 Å². The van der Waals surface area contributed by atoms with E-state index in [0.29, 0.717) is 0 Å². The molecule has 0 radical (unpaired) electrons. The highest BCUT2D eigenvalue weighted by Crippen LogP contribution is 2.14. The van der Waals surface area contributed by atoms with Crippen LogP contribution in [0, 0.1) is 0 Å². The highest BCUT2D eigenvalue weighted by Gasteiger charge is 2.26. The SMILES string of the molecule is CC=CC(=O)NCCC[SiH2]C(O[Si](C)(C)C)O[Si](C)(C)C. The van der Waals surface area contributed by atoms with Crippen molar-refractivity contribution in [1.29, 1.82) is 0 Å². The van der Waals surface area contributed by atoms with Gasteiger partial charge in [0.15, 0.2) is 16.6 Å². The molecule has 1 amide bonds. The molecule has 0 aliphatic carbocycles. The van der Waals surface area contributed by atoms with Gasteiger partial charge in [-0.1, -0.05) is 12.1 Å². The Hall–Kier alpha value is -0.219. The quantitative estimate of drug-likeness (QED) is 0.286. The fourth-order valence-electron chi connectivity index (χ4n) is 1.79. The Morgan fingerprint density at radius 3 is 2.10 bits per heavy atom. The van der Waals surface area contributed by atoms with Gasteiger partial charge >= 0.3 is 0 Å². The number of amides is 1. The zero-order valence-corrected chi connectivity index (χ0v) is 18.2. The Balaban J connectivity index is 4.09. The van der Waals surface area contributed by atoms with Crippen molar-refractivity contribution in [3.05, 3.63) is 12.2 Å². The summed E-state index contributed by atoms with van der Waals surface area (Å²) in [5.41, 5.74) is 0. The maximum Gasteiger partial charge on any atom is 0.243 e. The summed E-state index contributed by atoms with van der Waals surface area (Å²) in [6.45, 7) is 15.8. The molecule has 0 saturated carbocycles. The summed E-state index contributed by atoms with van der Waals surface area (Å²) in [4.78, 5) is 11.3. The van der Waals surface area contributed by atoms with E-state index in [0.717, 1.165) is 19.0 Å². The lowest BCUT2D eigenvalue weighted by molar-refractivity contribution is -0.116. The van der Waals surface area contributed by atoms with Gasteiger partial charge in [0.05, 0.1) is 9.52 Å². The first-order valence-corrected chi connectivity index (χ1v) is 16.4. The van der Waals surface area contributed by atoms with Gasteiger partial charge in [0.1, 0.15) is 5.91 Å². The molecule has 4 nitrogen and oxygen atoms in total. The van der Waals surface area contributed by atoms with Crippen molar-refractivity contribution in [3.8, 4) is 0 Å². The van der Waals surface area contributed by atoms with Crippen LogP contribution in [0.1, 0.15) is 13.3 Å². The molecule has 0 spiro atoms. The van der Waals surface area contributed by atoms with Crippen LogP contribution in [0.5, 0.6) is 0 Å². The average Bonchev–Trinajstić information content (AvgIpc) is 2.24. The van der Waals surface area contributed by atoms with Gasteiger partial charge in [-0.05, 0) is 58.7 Å². The van der Waals surface area contributed by atoms with Crippen LogP contribution in [0.4, 0.5) is 0 Å². The van der Waals surface area contributed by atoms with E-state index in [1.165, 1.54) is 0 Å². The molecule has 0 rings (SSSR count). The predicted molar refractivity (Wildman–Crippen MR) is 98.4 cm³/mol. The number of hydrogen-bond donors (Lipinski definition) is 1. The lowest BCUT2D eigenvalue weighted by Gasteiger charge is -2.31. The maximum absolute atomic E-state index is 11.3. The van der Waals surface area contributed by atoms with Gasteiger partial charge in [-0.2, -0.15) is 0 Å². The molecule has 21 heavy (non-hydrogen) atoms. The molecule has 0 fully saturated rings. The summed E-state index contributed by atoms with van der Waals surface area (Å²) in [6.07, 6.45) is 4.32. The van der Waals surface area contributed by atoms with Crippen LogP contribution in [0.15, 0.2) is 12.2 Å². The normalized spacial score (nSPS) is 13.7. The lowest BCUT2D eigenvalue weighted by atomic mass is 10.4. The maximum atomic E-state index is 11.3. The first-order chi connectivity index (χ1) is 9.53. The number of nitrogens with one attached hydrogen (secondary N) is 1. The molecule has 124 valence electrons. The topological polar surface area (TPSA) is 47.6 Å². The molecule has 0 heterocycles. The van der Waals surface area contributed by atoms with Crippen molar-refractivity contribution < 1.29 is 13.6 Å². The van der Waals surface area contributed by atoms with E-state index >= 15 is 0 Å². The lowest BCUT2D eigenvalue weighted by Crippen LogP contribution is -2.43. The highest BCUT2D eigenvalue weighted by molar-refractivity contribution is 6.71. The van der Waals surface area contributed by atoms with E-state index in [-0.39, 0.29) is 11.8 Å². The second kappa shape index (κ2) is 9.73. The monoisotopic (exact) mass is 347 g/mol. The van der Waals surface area contributed by atoms with Crippen LogP contribution < -0.4 is 5.32 Å². The first kappa shape index (κ1) is 20.8. The van der Waals surface area contributed by atoms with E-state index in [4.69, 9.17) is 8.85 Å². The van der Waals surface area contributed by atoms with Crippen molar-refractivity contribution in [2.24, 2.45) is 0 Å². The number of carbonyl (C=O) groups is 1. The van der Waals surface area contributed by atoms with E-state index in [9.17, 15) is 4.79 Å². The summed E-state index contributed by atoms with van der Waals surface area (Å²) >= 11 is 0. The minimum Gasteiger partial charge on any atom is -0.398 e. The van der Waals surface area contributed by atoms with Crippen LogP contribution in [0.2, 0.25) is 45.3 Å². The predicted octanol–water partition coefficient (Wildman–Crippen LogP) is 2.64. The number of rotatable bonds is 10. The molecule has 0 saturated heterocycles. The fourth-order valence-corrected chi connectivity index (χ4v) is 8.37. The Bertz CT molecular complexity index is 319. The average molecular weight is 348 g/mol. The highest BCUT2D eigenvalue weighted by atomic mass is 28.4. The van der Waals surface area contributed by atoms with E-state index in [1.807, 2.05) is 6.92 Å². The van der Waals surface area contributed by atoms with Gasteiger partial charge < -0.3 is 14.2 Å². The van der Waals surface area contributed by atoms with Crippen LogP contribution in [-0.4, -0.2) is 44.5 Å². The summed E-state index contributed by atoms with van der Waals surface area (Å²) in [7, 11) is -3.56. The standard InChI is InChI=1S/C14H33NO3Si3/c1-8-10-13(16)15-11-9-12-19-14(17-20(2,3)4)18-21(5,6)7/h8,10,14H,9,11-12,19H2,1-7H3,(H,15,16). The molecule has 1 N–H and O–H groups in total. The number of allylic oxidation sites excluding steroid dienone is 1. The molecular weight excluding hydrogens is 314 g/mol. The first-order valence-electron chi connectivity index (χ1n) is 7.79. The third-order valence-electron chi connectivity index (χ3n) is 2.45. The molecular formula is C14H33NO3Si3. The molecule has 0 aromatic heterocycles. The van der Waals surface area contributed by atoms with Gasteiger partial charge in [0, 0.05) is 6.54 Å². The summed E-state index contributed by atoms with van der Waals surface area (Å²) < 4.78 is 12.4. The van der Waals surface area contributed by atoms with Crippen LogP contribution in [-0.2, 0) is 13.6 Å². The minimum atomic E-state index is -1.56. The van der Waals surface area contributed by atoms with Gasteiger partial charge in [0.25, 0.3) is 0 Å². The number of carbonyl (C=O) groups excluding carboxylic acids is 1. The smallest absolute Gasteiger partial charge is 0.243 e. The molecule has 0 aliphatic heterocycles. The molecule has 0 bridgehead atoms. The molecule has 0 aliphatic rings. The van der Waals surface area contributed by atoms with E-state index in [1.54, 1.807) is 12.2 Å². The largest absolute Gasteiger partial charge is 0.398 e. The second-order valence-electron chi connectivity index (χ2n) is 7.18. The molecule has 7 heteroatoms. The summed E-state index contributed by atoms with van der Waals surface area (Å²) in [5.74, 6) is 0.0435. The van der Waals surface area contributed by atoms with Gasteiger partial charge in [-0.25, -0.2) is 0 Å². The van der Waals surface area contributed by atoms with Crippen molar-refractivity contribution in [3.63, 3.8) is 0 Å². The Morgan fingerprint density at radius 1 is 1.14 bits per heavy atom. The van der Waals surface area contributed by atoms with Crippen LogP contribution in [0.3, 0.4) is 0 Å². The molecule has 0 atom stereocenters. The van der Waals surface area contributed by atoms with Crippen LogP contribution >= 0.6 is 0 Å². The molecule has 0 aromatic rings. The van der Waals surface area contributed by atoms with E-state index < -0.39 is 26.2 Å².